The molecule has 10 heteroatoms. The van der Waals surface area contributed by atoms with Crippen LogP contribution in [0.3, 0.4) is 0 Å². The van der Waals surface area contributed by atoms with Crippen LogP contribution in [-0.4, -0.2) is 61.0 Å². The number of nitrogens with zero attached hydrogens (tertiary/aromatic N) is 3. The van der Waals surface area contributed by atoms with Gasteiger partial charge in [-0.15, -0.1) is 0 Å². The Labute approximate surface area is 274 Å². The monoisotopic (exact) mass is 638 g/mol. The zero-order valence-corrected chi connectivity index (χ0v) is 28.7. The summed E-state index contributed by atoms with van der Waals surface area (Å²) in [4.78, 5) is 25.6. The zero-order valence-electron chi connectivity index (χ0n) is 28.7. The van der Waals surface area contributed by atoms with E-state index < -0.39 is 17.7 Å². The van der Waals surface area contributed by atoms with Crippen LogP contribution in [0.2, 0.25) is 0 Å². The Kier molecular flexibility index (Phi) is 11.1. The topological polar surface area (TPSA) is 95.0 Å². The van der Waals surface area contributed by atoms with E-state index in [0.717, 1.165) is 59.8 Å². The van der Waals surface area contributed by atoms with Gasteiger partial charge in [0.15, 0.2) is 17.6 Å². The van der Waals surface area contributed by atoms with Gasteiger partial charge in [-0.3, -0.25) is 9.97 Å². The molecule has 0 radical (unpaired) electrons. The summed E-state index contributed by atoms with van der Waals surface area (Å²) in [6, 6.07) is 8.09. The number of piperidine rings is 1. The first kappa shape index (κ1) is 34.9. The number of ether oxygens (including phenoxy) is 4. The summed E-state index contributed by atoms with van der Waals surface area (Å²) < 4.78 is 36.7. The highest BCUT2D eigenvalue weighted by atomic mass is 19.1. The molecule has 0 saturated carbocycles. The van der Waals surface area contributed by atoms with E-state index in [4.69, 9.17) is 28.9 Å². The molecule has 0 bridgehead atoms. The second-order valence-electron chi connectivity index (χ2n) is 13.8. The average molecular weight is 639 g/mol. The van der Waals surface area contributed by atoms with Crippen LogP contribution >= 0.6 is 0 Å². The van der Waals surface area contributed by atoms with Crippen molar-refractivity contribution in [3.05, 3.63) is 59.8 Å². The molecule has 3 aromatic rings. The Morgan fingerprint density at radius 2 is 1.80 bits per heavy atom. The molecule has 0 aliphatic carbocycles. The Hall–Kier alpha value is -3.92. The van der Waals surface area contributed by atoms with Crippen molar-refractivity contribution in [2.24, 2.45) is 5.41 Å². The summed E-state index contributed by atoms with van der Waals surface area (Å²) in [7, 11) is 1.48. The number of carbonyl (C=O) groups excluding carboxylic acids is 1. The second kappa shape index (κ2) is 14.7. The number of aromatic nitrogens is 2. The van der Waals surface area contributed by atoms with Crippen molar-refractivity contribution in [2.75, 3.05) is 43.6 Å². The van der Waals surface area contributed by atoms with E-state index in [0.29, 0.717) is 24.7 Å². The zero-order chi connectivity index (χ0) is 33.6. The van der Waals surface area contributed by atoms with Crippen LogP contribution in [0.4, 0.5) is 15.8 Å². The predicted molar refractivity (Wildman–Crippen MR) is 181 cm³/mol. The third-order valence-electron chi connectivity index (χ3n) is 7.87. The molecule has 46 heavy (non-hydrogen) atoms. The molecule has 1 aliphatic rings. The number of aryl methyl sites for hydroxylation is 1. The lowest BCUT2D eigenvalue weighted by Gasteiger charge is -2.41. The van der Waals surface area contributed by atoms with Gasteiger partial charge < -0.3 is 29.2 Å². The van der Waals surface area contributed by atoms with Crippen LogP contribution in [0.5, 0.6) is 11.5 Å². The van der Waals surface area contributed by atoms with Gasteiger partial charge in [-0.25, -0.2) is 9.18 Å². The summed E-state index contributed by atoms with van der Waals surface area (Å²) in [5.74, 6) is 0.00207. The summed E-state index contributed by atoms with van der Waals surface area (Å²) in [5.41, 5.74) is 4.35. The molecule has 2 aromatic heterocycles. The molecule has 252 valence electrons. The third kappa shape index (κ3) is 9.09. The summed E-state index contributed by atoms with van der Waals surface area (Å²) >= 11 is 0. The van der Waals surface area contributed by atoms with Crippen LogP contribution in [0.1, 0.15) is 80.1 Å². The van der Waals surface area contributed by atoms with E-state index in [1.165, 1.54) is 19.2 Å². The fraction of sp³-hybridized carbons (Fsp3) is 0.528. The maximum absolute atomic E-state index is 13.6. The number of hydrogen-bond donors (Lipinski definition) is 1. The van der Waals surface area contributed by atoms with Crippen LogP contribution in [-0.2, 0) is 14.3 Å². The maximum Gasteiger partial charge on any atom is 0.340 e. The van der Waals surface area contributed by atoms with E-state index in [2.05, 4.69) is 24.1 Å². The third-order valence-corrected chi connectivity index (χ3v) is 7.87. The van der Waals surface area contributed by atoms with Gasteiger partial charge in [0.25, 0.3) is 0 Å². The molecule has 0 unspecified atom stereocenters. The molecule has 1 aliphatic heterocycles. The smallest absolute Gasteiger partial charge is 0.340 e. The highest BCUT2D eigenvalue weighted by Gasteiger charge is 2.37. The first-order chi connectivity index (χ1) is 21.7. The van der Waals surface area contributed by atoms with E-state index in [9.17, 15) is 9.18 Å². The molecule has 0 amide bonds. The van der Waals surface area contributed by atoms with Crippen LogP contribution in [0.15, 0.2) is 42.7 Å². The maximum atomic E-state index is 13.6. The van der Waals surface area contributed by atoms with Crippen molar-refractivity contribution in [3.8, 4) is 22.8 Å². The summed E-state index contributed by atoms with van der Waals surface area (Å²) in [6.45, 7) is 18.5. The lowest BCUT2D eigenvalue weighted by Crippen LogP contribution is -2.39. The molecular formula is C36H51FN4O5. The van der Waals surface area contributed by atoms with Crippen molar-refractivity contribution in [2.45, 2.75) is 86.0 Å². The summed E-state index contributed by atoms with van der Waals surface area (Å²) in [6.07, 6.45) is 4.38. The Morgan fingerprint density at radius 1 is 1.09 bits per heavy atom. The number of hydrogen-bond acceptors (Lipinski definition) is 9. The molecular weight excluding hydrogens is 587 g/mol. The fourth-order valence-corrected chi connectivity index (χ4v) is 5.43. The second-order valence-corrected chi connectivity index (χ2v) is 13.8. The molecule has 9 nitrogen and oxygen atoms in total. The number of methoxy groups -OCH3 is 1. The van der Waals surface area contributed by atoms with Gasteiger partial charge in [0.1, 0.15) is 12.4 Å². The quantitative estimate of drug-likeness (QED) is 0.158. The molecule has 3 heterocycles. The van der Waals surface area contributed by atoms with Gasteiger partial charge in [-0.05, 0) is 84.1 Å². The lowest BCUT2D eigenvalue weighted by atomic mass is 9.82. The number of rotatable bonds is 12. The lowest BCUT2D eigenvalue weighted by molar-refractivity contribution is -0.171. The van der Waals surface area contributed by atoms with E-state index in [1.54, 1.807) is 12.3 Å². The average Bonchev–Trinajstić information content (AvgIpc) is 2.98. The van der Waals surface area contributed by atoms with E-state index >= 15 is 0 Å². The largest absolute Gasteiger partial charge is 0.493 e. The minimum atomic E-state index is -0.958. The molecule has 1 atom stereocenters. The first-order valence-corrected chi connectivity index (χ1v) is 16.0. The van der Waals surface area contributed by atoms with E-state index in [-0.39, 0.29) is 18.8 Å². The molecule has 0 spiro atoms. The minimum absolute atomic E-state index is 0. The number of benzene rings is 1. The van der Waals surface area contributed by atoms with Crippen molar-refractivity contribution in [1.82, 2.24) is 9.97 Å². The number of nitrogens with one attached hydrogen (secondary N) is 1. The number of halogens is 1. The Balaban J connectivity index is 0.00000600. The first-order valence-electron chi connectivity index (χ1n) is 16.0. The highest BCUT2D eigenvalue weighted by Crippen LogP contribution is 2.43. The number of esters is 1. The van der Waals surface area contributed by atoms with Gasteiger partial charge in [0.05, 0.1) is 42.1 Å². The standard InChI is InChI=1S/C36H49FN4O5.H2/c1-23(2)45-34(42)33(46-35(4,5)6)31-24(3)39-22-27(32(31)41-17-14-36(7,8)15-18-41)28-12-11-26(21-40-28)38-16-19-44-29-13-10-25(37)20-30(29)43-9;/h10-13,20-23,33,38H,14-19H2,1-9H3;1H/t33-;/m0./s1. The van der Waals surface area contributed by atoms with Gasteiger partial charge in [0.2, 0.25) is 0 Å². The molecule has 4 rings (SSSR count). The fourth-order valence-electron chi connectivity index (χ4n) is 5.43. The van der Waals surface area contributed by atoms with Crippen molar-refractivity contribution in [1.29, 1.82) is 0 Å². The highest BCUT2D eigenvalue weighted by molar-refractivity contribution is 5.86. The van der Waals surface area contributed by atoms with Gasteiger partial charge in [-0.1, -0.05) is 13.8 Å². The van der Waals surface area contributed by atoms with Crippen LogP contribution in [0.25, 0.3) is 11.3 Å². The van der Waals surface area contributed by atoms with E-state index in [1.807, 2.05) is 59.9 Å². The van der Waals surface area contributed by atoms with Crippen molar-refractivity contribution < 1.29 is 29.6 Å². The minimum Gasteiger partial charge on any atom is -0.493 e. The Morgan fingerprint density at radius 3 is 2.41 bits per heavy atom. The number of anilines is 2. The Bertz CT molecular complexity index is 1480. The normalized spacial score (nSPS) is 15.4. The van der Waals surface area contributed by atoms with Crippen molar-refractivity contribution >= 4 is 17.3 Å². The summed E-state index contributed by atoms with van der Waals surface area (Å²) in [5, 5.41) is 3.32. The van der Waals surface area contributed by atoms with Gasteiger partial charge >= 0.3 is 5.97 Å². The van der Waals surface area contributed by atoms with Gasteiger partial charge in [0, 0.05) is 50.1 Å². The predicted octanol–water partition coefficient (Wildman–Crippen LogP) is 7.77. The molecule has 1 saturated heterocycles. The molecule has 1 aromatic carbocycles. The number of pyridine rings is 2. The molecule has 1 N–H and O–H groups in total. The molecule has 1 fully saturated rings. The van der Waals surface area contributed by atoms with Crippen molar-refractivity contribution in [3.63, 3.8) is 0 Å². The number of carbonyl (C=O) groups is 1. The van der Waals surface area contributed by atoms with Crippen LogP contribution in [0, 0.1) is 18.2 Å². The van der Waals surface area contributed by atoms with Gasteiger partial charge in [-0.2, -0.15) is 0 Å². The van der Waals surface area contributed by atoms with Crippen LogP contribution < -0.4 is 19.7 Å². The SMILES string of the molecule is COc1cc(F)ccc1OCCNc1ccc(-c2cnc(C)c([C@H](OC(C)(C)C)C(=O)OC(C)C)c2N2CCC(C)(C)CC2)nc1.[HH].